The molecule has 1 aliphatic rings. The zero-order chi connectivity index (χ0) is 14.1. The molecule has 1 aromatic heterocycles. The smallest absolute Gasteiger partial charge is 0.142 e. The zero-order valence-electron chi connectivity index (χ0n) is 11.2. The summed E-state index contributed by atoms with van der Waals surface area (Å²) in [4.78, 5) is 0. The van der Waals surface area contributed by atoms with Crippen LogP contribution in [0.15, 0.2) is 71.5 Å². The van der Waals surface area contributed by atoms with Crippen LogP contribution in [0.5, 0.6) is 0 Å². The second kappa shape index (κ2) is 4.90. The van der Waals surface area contributed by atoms with E-state index in [-0.39, 0.29) is 6.04 Å². The van der Waals surface area contributed by atoms with Gasteiger partial charge in [-0.1, -0.05) is 65.8 Å². The van der Waals surface area contributed by atoms with Gasteiger partial charge in [-0.25, -0.2) is 4.63 Å². The van der Waals surface area contributed by atoms with Gasteiger partial charge in [0.2, 0.25) is 0 Å². The lowest BCUT2D eigenvalue weighted by Gasteiger charge is -2.22. The molecule has 0 spiro atoms. The molecule has 0 saturated carbocycles. The minimum Gasteiger partial charge on any atom is -0.378 e. The normalized spacial score (nSPS) is 16.8. The molecule has 102 valence electrons. The summed E-state index contributed by atoms with van der Waals surface area (Å²) < 4.78 is 4.99. The number of aromatic nitrogens is 2. The molecule has 0 bridgehead atoms. The van der Waals surface area contributed by atoms with E-state index in [1.54, 1.807) is 0 Å². The first-order valence-electron chi connectivity index (χ1n) is 6.83. The molecule has 0 amide bonds. The fourth-order valence-electron chi connectivity index (χ4n) is 2.62. The van der Waals surface area contributed by atoms with Crippen molar-refractivity contribution in [2.45, 2.75) is 6.04 Å². The van der Waals surface area contributed by atoms with Crippen LogP contribution in [0.3, 0.4) is 0 Å². The first-order chi connectivity index (χ1) is 10.4. The van der Waals surface area contributed by atoms with Crippen LogP contribution in [-0.4, -0.2) is 10.3 Å². The monoisotopic (exact) mass is 275 g/mol. The van der Waals surface area contributed by atoms with Crippen LogP contribution in [0.1, 0.15) is 28.6 Å². The van der Waals surface area contributed by atoms with Crippen LogP contribution in [-0.2, 0) is 0 Å². The van der Waals surface area contributed by atoms with E-state index in [9.17, 15) is 0 Å². The fraction of sp³-hybridized carbons (Fsp3) is 0.0588. The van der Waals surface area contributed by atoms with Gasteiger partial charge in [0.25, 0.3) is 0 Å². The van der Waals surface area contributed by atoms with Gasteiger partial charge in [0.1, 0.15) is 11.4 Å². The largest absolute Gasteiger partial charge is 0.378 e. The second-order valence-corrected chi connectivity index (χ2v) is 4.93. The van der Waals surface area contributed by atoms with Crippen LogP contribution in [0.2, 0.25) is 0 Å². The lowest BCUT2D eigenvalue weighted by atomic mass is 9.93. The summed E-state index contributed by atoms with van der Waals surface area (Å²) in [5.74, 6) is 0. The van der Waals surface area contributed by atoms with E-state index in [0.29, 0.717) is 0 Å². The van der Waals surface area contributed by atoms with Crippen LogP contribution >= 0.6 is 0 Å². The quantitative estimate of drug-likeness (QED) is 0.780. The van der Waals surface area contributed by atoms with Crippen LogP contribution in [0.4, 0.5) is 0 Å². The van der Waals surface area contributed by atoms with Crippen LogP contribution in [0.25, 0.3) is 5.57 Å². The summed E-state index contributed by atoms with van der Waals surface area (Å²) in [6.07, 6.45) is 1.99. The molecule has 3 aromatic rings. The Hall–Kier alpha value is -2.88. The van der Waals surface area contributed by atoms with Gasteiger partial charge < -0.3 is 5.32 Å². The summed E-state index contributed by atoms with van der Waals surface area (Å²) in [7, 11) is 0. The van der Waals surface area contributed by atoms with Gasteiger partial charge in [-0.3, -0.25) is 0 Å². The van der Waals surface area contributed by atoms with Gasteiger partial charge >= 0.3 is 0 Å². The lowest BCUT2D eigenvalue weighted by molar-refractivity contribution is 0.301. The van der Waals surface area contributed by atoms with E-state index in [1.807, 2.05) is 42.6 Å². The fourth-order valence-corrected chi connectivity index (χ4v) is 2.62. The predicted octanol–water partition coefficient (Wildman–Crippen LogP) is 3.15. The average Bonchev–Trinajstić information content (AvgIpc) is 3.05. The van der Waals surface area contributed by atoms with Crippen molar-refractivity contribution in [3.63, 3.8) is 0 Å². The molecular weight excluding hydrogens is 262 g/mol. The number of hydrogen-bond acceptors (Lipinski definition) is 4. The minimum atomic E-state index is -0.0279. The van der Waals surface area contributed by atoms with Gasteiger partial charge in [0, 0.05) is 11.8 Å². The molecule has 0 radical (unpaired) electrons. The van der Waals surface area contributed by atoms with Crippen molar-refractivity contribution >= 4 is 5.57 Å². The highest BCUT2D eigenvalue weighted by Crippen LogP contribution is 2.33. The zero-order valence-corrected chi connectivity index (χ0v) is 11.2. The SMILES string of the molecule is C1=C(c2ccccc2)c2nonc2C(c2ccccc2)N1. The summed E-state index contributed by atoms with van der Waals surface area (Å²) in [6.45, 7) is 0. The summed E-state index contributed by atoms with van der Waals surface area (Å²) in [5, 5.41) is 11.6. The molecule has 0 fully saturated rings. The number of hydrogen-bond donors (Lipinski definition) is 1. The van der Waals surface area contributed by atoms with Crippen molar-refractivity contribution in [3.05, 3.63) is 89.4 Å². The molecule has 0 saturated heterocycles. The molecule has 4 heteroatoms. The van der Waals surface area contributed by atoms with Crippen molar-refractivity contribution in [2.24, 2.45) is 0 Å². The maximum Gasteiger partial charge on any atom is 0.142 e. The Labute approximate surface area is 122 Å². The Morgan fingerprint density at radius 1 is 0.857 bits per heavy atom. The van der Waals surface area contributed by atoms with Crippen molar-refractivity contribution in [2.75, 3.05) is 0 Å². The standard InChI is InChI=1S/C17H13N3O/c1-3-7-12(8-4-1)14-11-18-15(13-9-5-2-6-10-13)17-16(14)19-21-20-17/h1-11,15,18H. The Morgan fingerprint density at radius 2 is 1.57 bits per heavy atom. The topological polar surface area (TPSA) is 51.0 Å². The Morgan fingerprint density at radius 3 is 2.33 bits per heavy atom. The van der Waals surface area contributed by atoms with Gasteiger partial charge in [-0.2, -0.15) is 0 Å². The highest BCUT2D eigenvalue weighted by Gasteiger charge is 2.28. The molecule has 1 N–H and O–H groups in total. The Balaban J connectivity index is 1.79. The molecule has 2 aromatic carbocycles. The van der Waals surface area contributed by atoms with Gasteiger partial charge in [0.05, 0.1) is 6.04 Å². The maximum atomic E-state index is 4.99. The molecule has 21 heavy (non-hydrogen) atoms. The first-order valence-corrected chi connectivity index (χ1v) is 6.83. The number of nitrogens with one attached hydrogen (secondary N) is 1. The third kappa shape index (κ3) is 2.01. The minimum absolute atomic E-state index is 0.0279. The van der Waals surface area contributed by atoms with Crippen LogP contribution in [0, 0.1) is 0 Å². The molecule has 0 aliphatic carbocycles. The highest BCUT2D eigenvalue weighted by atomic mass is 16.6. The van der Waals surface area contributed by atoms with E-state index in [0.717, 1.165) is 28.1 Å². The van der Waals surface area contributed by atoms with Crippen molar-refractivity contribution in [3.8, 4) is 0 Å². The third-order valence-electron chi connectivity index (χ3n) is 3.65. The number of nitrogens with zero attached hydrogens (tertiary/aromatic N) is 2. The molecule has 1 aliphatic heterocycles. The molecule has 1 atom stereocenters. The average molecular weight is 275 g/mol. The number of fused-ring (bicyclic) bond motifs is 1. The second-order valence-electron chi connectivity index (χ2n) is 4.93. The Bertz CT molecular complexity index is 778. The Kier molecular flexibility index (Phi) is 2.78. The molecule has 4 nitrogen and oxygen atoms in total. The highest BCUT2D eigenvalue weighted by molar-refractivity contribution is 5.80. The van der Waals surface area contributed by atoms with E-state index in [4.69, 9.17) is 4.63 Å². The summed E-state index contributed by atoms with van der Waals surface area (Å²) >= 11 is 0. The molecular formula is C17H13N3O. The number of rotatable bonds is 2. The molecule has 4 rings (SSSR count). The van der Waals surface area contributed by atoms with Crippen molar-refractivity contribution < 1.29 is 4.63 Å². The first kappa shape index (κ1) is 11.9. The summed E-state index contributed by atoms with van der Waals surface area (Å²) in [5.41, 5.74) is 4.85. The predicted molar refractivity (Wildman–Crippen MR) is 79.2 cm³/mol. The van der Waals surface area contributed by atoms with Gasteiger partial charge in [0.15, 0.2) is 0 Å². The van der Waals surface area contributed by atoms with E-state index >= 15 is 0 Å². The van der Waals surface area contributed by atoms with Crippen molar-refractivity contribution in [1.29, 1.82) is 0 Å². The van der Waals surface area contributed by atoms with Gasteiger partial charge in [-0.15, -0.1) is 0 Å². The lowest BCUT2D eigenvalue weighted by Crippen LogP contribution is -2.23. The maximum absolute atomic E-state index is 4.99. The van der Waals surface area contributed by atoms with E-state index < -0.39 is 0 Å². The third-order valence-corrected chi connectivity index (χ3v) is 3.65. The summed E-state index contributed by atoms with van der Waals surface area (Å²) in [6, 6.07) is 20.2. The van der Waals surface area contributed by atoms with Crippen LogP contribution < -0.4 is 5.32 Å². The van der Waals surface area contributed by atoms with E-state index in [2.05, 4.69) is 39.9 Å². The molecule has 2 heterocycles. The van der Waals surface area contributed by atoms with E-state index in [1.165, 1.54) is 0 Å². The number of benzene rings is 2. The molecule has 1 unspecified atom stereocenters. The van der Waals surface area contributed by atoms with Gasteiger partial charge in [-0.05, 0) is 16.3 Å². The van der Waals surface area contributed by atoms with Crippen molar-refractivity contribution in [1.82, 2.24) is 15.6 Å².